The summed E-state index contributed by atoms with van der Waals surface area (Å²) in [4.78, 5) is 4.08. The number of rotatable bonds is 3. The summed E-state index contributed by atoms with van der Waals surface area (Å²) in [5.41, 5.74) is 2.73. The Balaban J connectivity index is 2.29. The van der Waals surface area contributed by atoms with Crippen molar-refractivity contribution in [3.8, 4) is 5.69 Å². The third-order valence-corrected chi connectivity index (χ3v) is 2.03. The first-order chi connectivity index (χ1) is 7.29. The van der Waals surface area contributed by atoms with Crippen molar-refractivity contribution < 1.29 is 5.11 Å². The topological polar surface area (TPSA) is 63.8 Å². The van der Waals surface area contributed by atoms with Gasteiger partial charge in [-0.25, -0.2) is 4.68 Å². The van der Waals surface area contributed by atoms with Gasteiger partial charge in [0, 0.05) is 19.2 Å². The second-order valence-corrected chi connectivity index (χ2v) is 3.35. The molecule has 2 aromatic rings. The molecule has 0 aliphatic carbocycles. The zero-order valence-corrected chi connectivity index (χ0v) is 8.46. The summed E-state index contributed by atoms with van der Waals surface area (Å²) in [7, 11) is 0. The van der Waals surface area contributed by atoms with Gasteiger partial charge in [-0.1, -0.05) is 5.21 Å². The Morgan fingerprint density at radius 2 is 2.27 bits per heavy atom. The lowest BCUT2D eigenvalue weighted by Gasteiger charge is -1.99. The molecule has 0 spiro atoms. The van der Waals surface area contributed by atoms with Crippen LogP contribution in [0, 0.1) is 6.92 Å². The molecule has 0 unspecified atom stereocenters. The predicted octanol–water partition coefficient (Wildman–Crippen LogP) is 0.506. The molecule has 5 nitrogen and oxygen atoms in total. The van der Waals surface area contributed by atoms with E-state index in [0.717, 1.165) is 16.9 Å². The summed E-state index contributed by atoms with van der Waals surface area (Å²) in [5.74, 6) is 0. The highest BCUT2D eigenvalue weighted by atomic mass is 16.3. The van der Waals surface area contributed by atoms with E-state index in [1.54, 1.807) is 23.3 Å². The Bertz CT molecular complexity index is 452. The normalized spacial score (nSPS) is 10.5. The van der Waals surface area contributed by atoms with E-state index in [1.807, 2.05) is 13.0 Å². The van der Waals surface area contributed by atoms with Crippen molar-refractivity contribution in [1.82, 2.24) is 20.0 Å². The van der Waals surface area contributed by atoms with Gasteiger partial charge in [0.2, 0.25) is 0 Å². The summed E-state index contributed by atoms with van der Waals surface area (Å²) in [5, 5.41) is 16.7. The van der Waals surface area contributed by atoms with Crippen molar-refractivity contribution in [2.45, 2.75) is 13.3 Å². The quantitative estimate of drug-likeness (QED) is 0.791. The minimum atomic E-state index is 0.0881. The van der Waals surface area contributed by atoms with Gasteiger partial charge in [0.25, 0.3) is 0 Å². The number of nitrogens with zero attached hydrogens (tertiary/aromatic N) is 4. The Morgan fingerprint density at radius 3 is 3.00 bits per heavy atom. The van der Waals surface area contributed by atoms with Crippen molar-refractivity contribution in [2.75, 3.05) is 6.61 Å². The number of aromatic nitrogens is 4. The predicted molar refractivity (Wildman–Crippen MR) is 54.7 cm³/mol. The van der Waals surface area contributed by atoms with Gasteiger partial charge < -0.3 is 5.11 Å². The van der Waals surface area contributed by atoms with Crippen LogP contribution < -0.4 is 0 Å². The second kappa shape index (κ2) is 4.18. The van der Waals surface area contributed by atoms with Crippen molar-refractivity contribution in [3.63, 3.8) is 0 Å². The molecule has 1 N–H and O–H groups in total. The van der Waals surface area contributed by atoms with E-state index in [2.05, 4.69) is 15.3 Å². The Labute approximate surface area is 87.4 Å². The van der Waals surface area contributed by atoms with Gasteiger partial charge in [0.05, 0.1) is 23.8 Å². The number of hydrogen-bond donors (Lipinski definition) is 1. The van der Waals surface area contributed by atoms with E-state index < -0.39 is 0 Å². The molecule has 0 amide bonds. The average Bonchev–Trinajstić information content (AvgIpc) is 2.67. The molecule has 78 valence electrons. The minimum absolute atomic E-state index is 0.0881. The minimum Gasteiger partial charge on any atom is -0.396 e. The fourth-order valence-electron chi connectivity index (χ4n) is 1.32. The van der Waals surface area contributed by atoms with Gasteiger partial charge in [-0.05, 0) is 18.6 Å². The molecule has 0 saturated heterocycles. The number of hydrogen-bond acceptors (Lipinski definition) is 4. The zero-order valence-electron chi connectivity index (χ0n) is 8.46. The van der Waals surface area contributed by atoms with Crippen LogP contribution in [0.25, 0.3) is 5.69 Å². The zero-order chi connectivity index (χ0) is 10.7. The summed E-state index contributed by atoms with van der Waals surface area (Å²) in [6.07, 6.45) is 5.84. The average molecular weight is 204 g/mol. The van der Waals surface area contributed by atoms with E-state index in [0.29, 0.717) is 6.42 Å². The molecule has 15 heavy (non-hydrogen) atoms. The van der Waals surface area contributed by atoms with Gasteiger partial charge in [0.1, 0.15) is 0 Å². The summed E-state index contributed by atoms with van der Waals surface area (Å²) in [6, 6.07) is 1.98. The fourth-order valence-corrected chi connectivity index (χ4v) is 1.32. The van der Waals surface area contributed by atoms with Crippen LogP contribution >= 0.6 is 0 Å². The summed E-state index contributed by atoms with van der Waals surface area (Å²) >= 11 is 0. The monoisotopic (exact) mass is 204 g/mol. The molecule has 0 aliphatic rings. The molecule has 5 heteroatoms. The Kier molecular flexibility index (Phi) is 2.73. The number of aryl methyl sites for hydroxylation is 1. The highest BCUT2D eigenvalue weighted by molar-refractivity contribution is 5.30. The first-order valence-electron chi connectivity index (χ1n) is 4.73. The lowest BCUT2D eigenvalue weighted by molar-refractivity contribution is 0.298. The van der Waals surface area contributed by atoms with E-state index in [-0.39, 0.29) is 6.61 Å². The third kappa shape index (κ3) is 2.19. The van der Waals surface area contributed by atoms with Gasteiger partial charge >= 0.3 is 0 Å². The largest absolute Gasteiger partial charge is 0.396 e. The highest BCUT2D eigenvalue weighted by Crippen LogP contribution is 2.07. The van der Waals surface area contributed by atoms with Crippen LogP contribution in [-0.4, -0.2) is 31.7 Å². The summed E-state index contributed by atoms with van der Waals surface area (Å²) in [6.45, 7) is 2.06. The van der Waals surface area contributed by atoms with Crippen molar-refractivity contribution in [2.24, 2.45) is 0 Å². The van der Waals surface area contributed by atoms with Gasteiger partial charge in [0.15, 0.2) is 0 Å². The molecular weight excluding hydrogens is 192 g/mol. The maximum absolute atomic E-state index is 8.75. The first-order valence-corrected chi connectivity index (χ1v) is 4.73. The standard InChI is InChI=1S/C10H12N4O/c1-8-4-10(6-11-5-8)14-7-9(2-3-15)12-13-14/h4-7,15H,2-3H2,1H3. The molecule has 0 fully saturated rings. The van der Waals surface area contributed by atoms with Crippen LogP contribution in [0.15, 0.2) is 24.7 Å². The molecular formula is C10H12N4O. The smallest absolute Gasteiger partial charge is 0.0854 e. The first kappa shape index (κ1) is 9.79. The highest BCUT2D eigenvalue weighted by Gasteiger charge is 2.02. The van der Waals surface area contributed by atoms with Gasteiger partial charge in [-0.2, -0.15) is 0 Å². The number of aliphatic hydroxyl groups is 1. The van der Waals surface area contributed by atoms with E-state index in [9.17, 15) is 0 Å². The second-order valence-electron chi connectivity index (χ2n) is 3.35. The van der Waals surface area contributed by atoms with Crippen LogP contribution in [0.4, 0.5) is 0 Å². The molecule has 0 aliphatic heterocycles. The lowest BCUT2D eigenvalue weighted by Crippen LogP contribution is -1.96. The van der Waals surface area contributed by atoms with Crippen LogP contribution in [0.1, 0.15) is 11.3 Å². The van der Waals surface area contributed by atoms with E-state index in [4.69, 9.17) is 5.11 Å². The van der Waals surface area contributed by atoms with Gasteiger partial charge in [-0.3, -0.25) is 4.98 Å². The fraction of sp³-hybridized carbons (Fsp3) is 0.300. The molecule has 0 bridgehead atoms. The van der Waals surface area contributed by atoms with Crippen LogP contribution in [0.5, 0.6) is 0 Å². The van der Waals surface area contributed by atoms with Crippen molar-refractivity contribution in [1.29, 1.82) is 0 Å². The Morgan fingerprint density at radius 1 is 1.40 bits per heavy atom. The maximum atomic E-state index is 8.75. The van der Waals surface area contributed by atoms with Crippen LogP contribution in [0.2, 0.25) is 0 Å². The lowest BCUT2D eigenvalue weighted by atomic mass is 10.3. The molecule has 0 atom stereocenters. The van der Waals surface area contributed by atoms with E-state index >= 15 is 0 Å². The molecule has 0 radical (unpaired) electrons. The van der Waals surface area contributed by atoms with Crippen molar-refractivity contribution in [3.05, 3.63) is 35.9 Å². The molecule has 0 saturated carbocycles. The summed E-state index contributed by atoms with van der Waals surface area (Å²) < 4.78 is 1.66. The molecule has 2 aromatic heterocycles. The maximum Gasteiger partial charge on any atom is 0.0854 e. The molecule has 0 aromatic carbocycles. The molecule has 2 rings (SSSR count). The van der Waals surface area contributed by atoms with Crippen LogP contribution in [-0.2, 0) is 6.42 Å². The Hall–Kier alpha value is -1.75. The van der Waals surface area contributed by atoms with Gasteiger partial charge in [-0.15, -0.1) is 5.10 Å². The molecule has 2 heterocycles. The van der Waals surface area contributed by atoms with Crippen LogP contribution in [0.3, 0.4) is 0 Å². The van der Waals surface area contributed by atoms with Crippen molar-refractivity contribution >= 4 is 0 Å². The third-order valence-electron chi connectivity index (χ3n) is 2.03. The number of pyridine rings is 1. The van der Waals surface area contributed by atoms with E-state index in [1.165, 1.54) is 0 Å². The number of aliphatic hydroxyl groups excluding tert-OH is 1. The SMILES string of the molecule is Cc1cncc(-n2cc(CCO)nn2)c1.